The Hall–Kier alpha value is -1.81. The van der Waals surface area contributed by atoms with Crippen molar-refractivity contribution in [2.75, 3.05) is 5.32 Å². The summed E-state index contributed by atoms with van der Waals surface area (Å²) in [5, 5.41) is 3.36. The highest BCUT2D eigenvalue weighted by Crippen LogP contribution is 2.25. The number of carbonyl (C=O) groups excluding carboxylic acids is 1. The zero-order valence-corrected chi connectivity index (χ0v) is 13.1. The van der Waals surface area contributed by atoms with Gasteiger partial charge in [0.15, 0.2) is 0 Å². The quantitative estimate of drug-likeness (QED) is 0.895. The maximum absolute atomic E-state index is 11.2. The molecule has 0 heterocycles. The first kappa shape index (κ1) is 14.6. The fourth-order valence-electron chi connectivity index (χ4n) is 2.09. The predicted octanol–water partition coefficient (Wildman–Crippen LogP) is 3.78. The van der Waals surface area contributed by atoms with Gasteiger partial charge in [0.1, 0.15) is 0 Å². The first-order valence-corrected chi connectivity index (χ1v) is 7.16. The van der Waals surface area contributed by atoms with Crippen LogP contribution < -0.4 is 11.1 Å². The van der Waals surface area contributed by atoms with E-state index in [0.29, 0.717) is 12.1 Å². The summed E-state index contributed by atoms with van der Waals surface area (Å²) >= 11 is 3.56. The Bertz CT molecular complexity index is 630. The summed E-state index contributed by atoms with van der Waals surface area (Å²) in [6.07, 6.45) is 0. The monoisotopic (exact) mass is 332 g/mol. The molecule has 0 unspecified atom stereocenters. The van der Waals surface area contributed by atoms with E-state index in [4.69, 9.17) is 5.73 Å². The Balaban J connectivity index is 2.13. The fraction of sp³-hybridized carbons (Fsp3) is 0.188. The predicted molar refractivity (Wildman–Crippen MR) is 85.9 cm³/mol. The average Bonchev–Trinajstić information content (AvgIpc) is 2.42. The van der Waals surface area contributed by atoms with E-state index in [1.54, 1.807) is 6.07 Å². The second-order valence-electron chi connectivity index (χ2n) is 4.84. The maximum atomic E-state index is 11.2. The van der Waals surface area contributed by atoms with Crippen molar-refractivity contribution >= 4 is 27.5 Å². The third-order valence-electron chi connectivity index (χ3n) is 3.14. The van der Waals surface area contributed by atoms with Crippen molar-refractivity contribution in [1.82, 2.24) is 0 Å². The molecule has 3 nitrogen and oxygen atoms in total. The molecule has 0 aliphatic rings. The Kier molecular flexibility index (Phi) is 4.45. The number of halogens is 1. The number of benzene rings is 2. The number of aryl methyl sites for hydroxylation is 2. The lowest BCUT2D eigenvalue weighted by Gasteiger charge is -2.11. The van der Waals surface area contributed by atoms with Crippen LogP contribution in [-0.4, -0.2) is 5.91 Å². The second-order valence-corrected chi connectivity index (χ2v) is 5.64. The van der Waals surface area contributed by atoms with Crippen LogP contribution >= 0.6 is 15.9 Å². The number of primary amides is 1. The van der Waals surface area contributed by atoms with Gasteiger partial charge in [0.05, 0.1) is 0 Å². The molecule has 0 aliphatic carbocycles. The lowest BCUT2D eigenvalue weighted by Crippen LogP contribution is -2.11. The molecular formula is C16H17BrN2O. The first-order valence-electron chi connectivity index (χ1n) is 6.36. The molecule has 0 bridgehead atoms. The van der Waals surface area contributed by atoms with Crippen LogP contribution in [0.3, 0.4) is 0 Å². The molecule has 20 heavy (non-hydrogen) atoms. The smallest absolute Gasteiger partial charge is 0.248 e. The number of rotatable bonds is 4. The zero-order valence-electron chi connectivity index (χ0n) is 11.5. The van der Waals surface area contributed by atoms with Crippen LogP contribution in [0.15, 0.2) is 40.9 Å². The van der Waals surface area contributed by atoms with Gasteiger partial charge < -0.3 is 11.1 Å². The molecule has 0 fully saturated rings. The highest BCUT2D eigenvalue weighted by atomic mass is 79.9. The Morgan fingerprint density at radius 2 is 1.85 bits per heavy atom. The van der Waals surface area contributed by atoms with Gasteiger partial charge in [0, 0.05) is 22.3 Å². The van der Waals surface area contributed by atoms with Crippen molar-refractivity contribution in [1.29, 1.82) is 0 Å². The summed E-state index contributed by atoms with van der Waals surface area (Å²) in [5.41, 5.74) is 10.3. The van der Waals surface area contributed by atoms with Gasteiger partial charge in [-0.2, -0.15) is 0 Å². The minimum atomic E-state index is -0.401. The van der Waals surface area contributed by atoms with Crippen LogP contribution in [0.25, 0.3) is 0 Å². The van der Waals surface area contributed by atoms with Gasteiger partial charge in [-0.1, -0.05) is 28.1 Å². The molecule has 0 saturated carbocycles. The Morgan fingerprint density at radius 1 is 1.20 bits per heavy atom. The van der Waals surface area contributed by atoms with E-state index in [0.717, 1.165) is 15.7 Å². The highest BCUT2D eigenvalue weighted by Gasteiger charge is 2.04. The molecule has 2 aromatic carbocycles. The van der Waals surface area contributed by atoms with Gasteiger partial charge in [-0.05, 0) is 54.8 Å². The summed E-state index contributed by atoms with van der Waals surface area (Å²) < 4.78 is 1.14. The normalized spacial score (nSPS) is 10.3. The molecule has 3 N–H and O–H groups in total. The van der Waals surface area contributed by atoms with E-state index in [2.05, 4.69) is 47.2 Å². The standard InChI is InChI=1S/C16H17BrN2O/c1-10-6-14(7-11(2)15(10)17)19-9-12-4-3-5-13(8-12)16(18)20/h3-8,19H,9H2,1-2H3,(H2,18,20). The van der Waals surface area contributed by atoms with Crippen molar-refractivity contribution in [2.24, 2.45) is 5.73 Å². The van der Waals surface area contributed by atoms with Gasteiger partial charge in [-0.25, -0.2) is 0 Å². The molecule has 1 amide bonds. The third-order valence-corrected chi connectivity index (χ3v) is 4.40. The number of nitrogens with one attached hydrogen (secondary N) is 1. The van der Waals surface area contributed by atoms with Crippen molar-refractivity contribution < 1.29 is 4.79 Å². The van der Waals surface area contributed by atoms with Gasteiger partial charge in [0.2, 0.25) is 5.91 Å². The number of nitrogens with two attached hydrogens (primary N) is 1. The number of anilines is 1. The van der Waals surface area contributed by atoms with E-state index in [1.165, 1.54) is 11.1 Å². The summed E-state index contributed by atoms with van der Waals surface area (Å²) in [7, 11) is 0. The summed E-state index contributed by atoms with van der Waals surface area (Å²) in [5.74, 6) is -0.401. The van der Waals surface area contributed by atoms with Crippen LogP contribution in [-0.2, 0) is 6.54 Å². The molecule has 0 aliphatic heterocycles. The molecule has 0 spiro atoms. The topological polar surface area (TPSA) is 55.1 Å². The Morgan fingerprint density at radius 3 is 2.45 bits per heavy atom. The lowest BCUT2D eigenvalue weighted by molar-refractivity contribution is 0.1000. The highest BCUT2D eigenvalue weighted by molar-refractivity contribution is 9.10. The van der Waals surface area contributed by atoms with Crippen LogP contribution in [0.5, 0.6) is 0 Å². The summed E-state index contributed by atoms with van der Waals surface area (Å²) in [4.78, 5) is 11.2. The zero-order chi connectivity index (χ0) is 14.7. The van der Waals surface area contributed by atoms with Crippen molar-refractivity contribution in [2.45, 2.75) is 20.4 Å². The molecule has 2 aromatic rings. The van der Waals surface area contributed by atoms with Crippen LogP contribution in [0, 0.1) is 13.8 Å². The minimum absolute atomic E-state index is 0.401. The molecule has 0 radical (unpaired) electrons. The molecule has 0 aromatic heterocycles. The second kappa shape index (κ2) is 6.09. The van der Waals surface area contributed by atoms with Crippen molar-refractivity contribution in [3.63, 3.8) is 0 Å². The van der Waals surface area contributed by atoms with Crippen LogP contribution in [0.4, 0.5) is 5.69 Å². The molecule has 2 rings (SSSR count). The fourth-order valence-corrected chi connectivity index (χ4v) is 2.32. The first-order chi connectivity index (χ1) is 9.47. The van der Waals surface area contributed by atoms with E-state index in [-0.39, 0.29) is 0 Å². The SMILES string of the molecule is Cc1cc(NCc2cccc(C(N)=O)c2)cc(C)c1Br. The number of amides is 1. The van der Waals surface area contributed by atoms with Gasteiger partial charge in [-0.3, -0.25) is 4.79 Å². The molecular weight excluding hydrogens is 316 g/mol. The van der Waals surface area contributed by atoms with E-state index in [1.807, 2.05) is 18.2 Å². The summed E-state index contributed by atoms with van der Waals surface area (Å²) in [6, 6.07) is 11.5. The van der Waals surface area contributed by atoms with Gasteiger partial charge in [-0.15, -0.1) is 0 Å². The molecule has 4 heteroatoms. The van der Waals surface area contributed by atoms with E-state index < -0.39 is 5.91 Å². The van der Waals surface area contributed by atoms with E-state index >= 15 is 0 Å². The van der Waals surface area contributed by atoms with Crippen molar-refractivity contribution in [3.8, 4) is 0 Å². The maximum Gasteiger partial charge on any atom is 0.248 e. The largest absolute Gasteiger partial charge is 0.381 e. The number of carbonyl (C=O) groups is 1. The number of hydrogen-bond donors (Lipinski definition) is 2. The average molecular weight is 333 g/mol. The number of hydrogen-bond acceptors (Lipinski definition) is 2. The van der Waals surface area contributed by atoms with Gasteiger partial charge >= 0.3 is 0 Å². The lowest BCUT2D eigenvalue weighted by atomic mass is 10.1. The summed E-state index contributed by atoms with van der Waals surface area (Å²) in [6.45, 7) is 4.79. The Labute approximate surface area is 127 Å². The van der Waals surface area contributed by atoms with Crippen LogP contribution in [0.2, 0.25) is 0 Å². The van der Waals surface area contributed by atoms with Crippen LogP contribution in [0.1, 0.15) is 27.0 Å². The third kappa shape index (κ3) is 3.39. The van der Waals surface area contributed by atoms with E-state index in [9.17, 15) is 4.79 Å². The van der Waals surface area contributed by atoms with Crippen molar-refractivity contribution in [3.05, 3.63) is 63.1 Å². The molecule has 0 atom stereocenters. The molecule has 104 valence electrons. The van der Waals surface area contributed by atoms with Gasteiger partial charge in [0.25, 0.3) is 0 Å². The molecule has 0 saturated heterocycles. The minimum Gasteiger partial charge on any atom is -0.381 e.